The van der Waals surface area contributed by atoms with Gasteiger partial charge in [-0.3, -0.25) is 0 Å². The first-order valence-corrected chi connectivity index (χ1v) is 9.44. The summed E-state index contributed by atoms with van der Waals surface area (Å²) in [4.78, 5) is 0. The van der Waals surface area contributed by atoms with Crippen LogP contribution in [0.1, 0.15) is 0 Å². The number of hydrogen-bond donors (Lipinski definition) is 0. The van der Waals surface area contributed by atoms with Crippen molar-refractivity contribution in [2.24, 2.45) is 0 Å². The molecule has 0 aromatic heterocycles. The summed E-state index contributed by atoms with van der Waals surface area (Å²) in [5, 5.41) is 0. The predicted molar refractivity (Wildman–Crippen MR) is 30.8 cm³/mol. The van der Waals surface area contributed by atoms with Crippen LogP contribution in [0.25, 0.3) is 0 Å². The van der Waals surface area contributed by atoms with Crippen molar-refractivity contribution in [3.63, 3.8) is 0 Å². The summed E-state index contributed by atoms with van der Waals surface area (Å²) in [6.45, 7) is 0. The van der Waals surface area contributed by atoms with Gasteiger partial charge < -0.3 is 0 Å². The third-order valence-corrected chi connectivity index (χ3v) is 11.0. The van der Waals surface area contributed by atoms with Crippen molar-refractivity contribution in [1.29, 1.82) is 0 Å². The average molecular weight is 220 g/mol. The van der Waals surface area contributed by atoms with Crippen molar-refractivity contribution in [2.75, 3.05) is 0 Å². The average Bonchev–Trinajstić information content (AvgIpc) is 1.41. The zero-order valence-electron chi connectivity index (χ0n) is 3.22. The zero-order valence-corrected chi connectivity index (χ0v) is 7.47. The molecule has 0 saturated carbocycles. The van der Waals surface area contributed by atoms with Gasteiger partial charge in [-0.2, -0.15) is 0 Å². The Morgan fingerprint density at radius 3 is 1.60 bits per heavy atom. The molecule has 0 unspecified atom stereocenters. The fourth-order valence-corrected chi connectivity index (χ4v) is 5.51. The first-order valence-electron chi connectivity index (χ1n) is 1.15. The van der Waals surface area contributed by atoms with Gasteiger partial charge in [-0.05, 0) is 0 Å². The molecule has 0 aromatic rings. The van der Waals surface area contributed by atoms with Gasteiger partial charge in [-0.25, -0.2) is 0 Å². The summed E-state index contributed by atoms with van der Waals surface area (Å²) >= 11 is 1.74. The molecule has 0 amide bonds. The van der Waals surface area contributed by atoms with Crippen LogP contribution in [-0.4, -0.2) is 27.7 Å². The van der Waals surface area contributed by atoms with Crippen LogP contribution in [0.2, 0.25) is 11.6 Å². The second kappa shape index (κ2) is 5.39. The number of hydrogen-bond acceptors (Lipinski definition) is 1. The molecular weight excluding hydrogens is 214 g/mol. The van der Waals surface area contributed by atoms with Crippen LogP contribution in [0.5, 0.6) is 0 Å². The normalized spacial score (nSPS) is 8.40. The topological polar surface area (TPSA) is 0 Å². The van der Waals surface area contributed by atoms with Gasteiger partial charge in [-0.15, -0.1) is 0 Å². The van der Waals surface area contributed by atoms with E-state index in [0.717, 1.165) is 27.7 Å². The fourth-order valence-electron chi connectivity index (χ4n) is 0.0680. The Labute approximate surface area is 47.9 Å². The van der Waals surface area contributed by atoms with Crippen LogP contribution in [0.3, 0.4) is 0 Å². The van der Waals surface area contributed by atoms with E-state index in [1.807, 2.05) is 0 Å². The minimum atomic E-state index is 0.870. The van der Waals surface area contributed by atoms with Gasteiger partial charge in [0.1, 0.15) is 0 Å². The molecule has 0 spiro atoms. The first-order chi connectivity index (χ1) is 2.41. The monoisotopic (exact) mass is 222 g/mol. The van der Waals surface area contributed by atoms with E-state index in [9.17, 15) is 0 Å². The SMILES string of the molecule is C[Se]S[Se]C. The molecule has 0 bridgehead atoms. The van der Waals surface area contributed by atoms with Crippen molar-refractivity contribution in [1.82, 2.24) is 0 Å². The minimum absolute atomic E-state index is 0.870. The van der Waals surface area contributed by atoms with Gasteiger partial charge in [0.2, 0.25) is 0 Å². The standard InChI is InChI=1S/C2H6SSe2/c1-4-3-5-2/h1-2H3. The van der Waals surface area contributed by atoms with E-state index in [4.69, 9.17) is 0 Å². The molecule has 0 N–H and O–H groups in total. The molecule has 0 radical (unpaired) electrons. The van der Waals surface area contributed by atoms with E-state index in [0.29, 0.717) is 0 Å². The van der Waals surface area contributed by atoms with Crippen LogP contribution < -0.4 is 0 Å². The maximum atomic E-state index is 2.25. The summed E-state index contributed by atoms with van der Waals surface area (Å²) in [5.74, 6) is 4.51. The van der Waals surface area contributed by atoms with Gasteiger partial charge in [0.15, 0.2) is 0 Å². The van der Waals surface area contributed by atoms with Crippen LogP contribution in [-0.2, 0) is 0 Å². The van der Waals surface area contributed by atoms with Crippen LogP contribution in [0.15, 0.2) is 0 Å². The third kappa shape index (κ3) is 5.39. The van der Waals surface area contributed by atoms with E-state index in [1.54, 1.807) is 0 Å². The molecule has 0 aliphatic heterocycles. The summed E-state index contributed by atoms with van der Waals surface area (Å²) in [7, 11) is 2.09. The summed E-state index contributed by atoms with van der Waals surface area (Å²) < 4.78 is 0. The Morgan fingerprint density at radius 2 is 1.60 bits per heavy atom. The van der Waals surface area contributed by atoms with Crippen molar-refractivity contribution in [3.8, 4) is 0 Å². The predicted octanol–water partition coefficient (Wildman–Crippen LogP) is 1.05. The van der Waals surface area contributed by atoms with E-state index < -0.39 is 0 Å². The second-order valence-electron chi connectivity index (χ2n) is 0.401. The van der Waals surface area contributed by atoms with Gasteiger partial charge in [0, 0.05) is 0 Å². The van der Waals surface area contributed by atoms with Crippen molar-refractivity contribution in [3.05, 3.63) is 0 Å². The Kier molecular flexibility index (Phi) is 6.89. The molecule has 0 nitrogen and oxygen atoms in total. The Hall–Kier alpha value is 1.39. The molecule has 0 heterocycles. The van der Waals surface area contributed by atoms with E-state index in [1.165, 1.54) is 0 Å². The van der Waals surface area contributed by atoms with Crippen molar-refractivity contribution < 1.29 is 0 Å². The van der Waals surface area contributed by atoms with Crippen molar-refractivity contribution >= 4 is 36.3 Å². The van der Waals surface area contributed by atoms with Crippen LogP contribution in [0.4, 0.5) is 0 Å². The van der Waals surface area contributed by atoms with E-state index in [2.05, 4.69) is 20.2 Å². The Morgan fingerprint density at radius 1 is 1.20 bits per heavy atom. The van der Waals surface area contributed by atoms with E-state index >= 15 is 0 Å². The maximum absolute atomic E-state index is 2.25. The molecule has 0 atom stereocenters. The first kappa shape index (κ1) is 6.39. The molecule has 5 heavy (non-hydrogen) atoms. The summed E-state index contributed by atoms with van der Waals surface area (Å²) in [5.41, 5.74) is 0. The molecule has 32 valence electrons. The summed E-state index contributed by atoms with van der Waals surface area (Å²) in [6, 6.07) is 0. The molecular formula is C2H6SSe2. The van der Waals surface area contributed by atoms with Crippen LogP contribution >= 0.6 is 8.60 Å². The zero-order chi connectivity index (χ0) is 4.12. The molecule has 0 fully saturated rings. The Bertz CT molecular complexity index is 15.1. The molecule has 0 rings (SSSR count). The number of rotatable bonds is 2. The van der Waals surface area contributed by atoms with Gasteiger partial charge in [0.05, 0.1) is 0 Å². The molecule has 0 aliphatic carbocycles. The van der Waals surface area contributed by atoms with Gasteiger partial charge >= 0.3 is 47.9 Å². The summed E-state index contributed by atoms with van der Waals surface area (Å²) in [6.07, 6.45) is 0. The van der Waals surface area contributed by atoms with Crippen LogP contribution in [0, 0.1) is 0 Å². The quantitative estimate of drug-likeness (QED) is 0.627. The molecule has 0 aromatic carbocycles. The van der Waals surface area contributed by atoms with Gasteiger partial charge in [0.25, 0.3) is 0 Å². The third-order valence-electron chi connectivity index (χ3n) is 0.136. The van der Waals surface area contributed by atoms with Crippen molar-refractivity contribution in [2.45, 2.75) is 11.6 Å². The van der Waals surface area contributed by atoms with Gasteiger partial charge in [-0.1, -0.05) is 0 Å². The molecule has 3 heteroatoms. The van der Waals surface area contributed by atoms with E-state index in [-0.39, 0.29) is 0 Å². The Balaban J connectivity index is 2.19. The molecule has 0 aliphatic rings. The fraction of sp³-hybridized carbons (Fsp3) is 1.00. The molecule has 0 saturated heterocycles. The second-order valence-corrected chi connectivity index (χ2v) is 10.7.